The van der Waals surface area contributed by atoms with Crippen molar-refractivity contribution in [3.63, 3.8) is 0 Å². The Morgan fingerprint density at radius 2 is 0.921 bits per heavy atom. The molecule has 0 aliphatic rings. The number of nitrogens with zero attached hydrogens (tertiary/aromatic N) is 1. The van der Waals surface area contributed by atoms with Crippen LogP contribution in [-0.2, 0) is 0 Å². The van der Waals surface area contributed by atoms with Crippen molar-refractivity contribution in [2.45, 2.75) is 0 Å². The zero-order chi connectivity index (χ0) is 25.1. The number of rotatable bonds is 3. The summed E-state index contributed by atoms with van der Waals surface area (Å²) in [4.78, 5) is 0. The van der Waals surface area contributed by atoms with E-state index in [2.05, 4.69) is 132 Å². The number of fused-ring (bicyclic) bond motifs is 6. The highest BCUT2D eigenvalue weighted by molar-refractivity contribution is 6.10. The summed E-state index contributed by atoms with van der Waals surface area (Å²) in [5, 5.41) is 4.87. The zero-order valence-electron chi connectivity index (χ0n) is 20.6. The van der Waals surface area contributed by atoms with Crippen molar-refractivity contribution >= 4 is 43.7 Å². The standard InChI is InChI=1S/C36H23NO/c1-4-13-33-29(8-1)30-9-2-5-14-34(30)37(33)27-22-20-25(21-23-27)24-16-18-26(19-17-24)28-11-7-12-32-31-10-3-6-15-35(31)38-36(28)32/h1-23H. The van der Waals surface area contributed by atoms with Gasteiger partial charge in [0.1, 0.15) is 11.2 Å². The van der Waals surface area contributed by atoms with Gasteiger partial charge in [-0.25, -0.2) is 0 Å². The summed E-state index contributed by atoms with van der Waals surface area (Å²) in [6, 6.07) is 49.5. The molecule has 0 bridgehead atoms. The summed E-state index contributed by atoms with van der Waals surface area (Å²) in [5.41, 5.74) is 10.1. The van der Waals surface area contributed by atoms with Crippen molar-refractivity contribution in [3.8, 4) is 27.9 Å². The maximum atomic E-state index is 6.26. The van der Waals surface area contributed by atoms with Gasteiger partial charge in [-0.05, 0) is 47.0 Å². The smallest absolute Gasteiger partial charge is 0.143 e. The minimum Gasteiger partial charge on any atom is -0.455 e. The first-order valence-electron chi connectivity index (χ1n) is 12.9. The molecule has 0 aliphatic carbocycles. The Labute approximate surface area is 220 Å². The molecule has 178 valence electrons. The molecular weight excluding hydrogens is 462 g/mol. The summed E-state index contributed by atoms with van der Waals surface area (Å²) in [6.07, 6.45) is 0. The molecule has 2 nitrogen and oxygen atoms in total. The van der Waals surface area contributed by atoms with Crippen molar-refractivity contribution < 1.29 is 4.42 Å². The lowest BCUT2D eigenvalue weighted by atomic mass is 9.98. The largest absolute Gasteiger partial charge is 0.455 e. The molecule has 0 saturated heterocycles. The molecule has 0 unspecified atom stereocenters. The number of aromatic nitrogens is 1. The third-order valence-electron chi connectivity index (χ3n) is 7.64. The highest BCUT2D eigenvalue weighted by Crippen LogP contribution is 2.37. The zero-order valence-corrected chi connectivity index (χ0v) is 20.6. The third kappa shape index (κ3) is 3.14. The fourth-order valence-electron chi connectivity index (χ4n) is 5.82. The summed E-state index contributed by atoms with van der Waals surface area (Å²) in [7, 11) is 0. The number of hydrogen-bond acceptors (Lipinski definition) is 1. The van der Waals surface area contributed by atoms with E-state index in [0.29, 0.717) is 0 Å². The number of para-hydroxylation sites is 4. The second-order valence-corrected chi connectivity index (χ2v) is 9.77. The summed E-state index contributed by atoms with van der Waals surface area (Å²) in [6.45, 7) is 0. The van der Waals surface area contributed by atoms with E-state index < -0.39 is 0 Å². The first-order chi connectivity index (χ1) is 18.8. The first-order valence-corrected chi connectivity index (χ1v) is 12.9. The van der Waals surface area contributed by atoms with Crippen molar-refractivity contribution in [2.24, 2.45) is 0 Å². The maximum Gasteiger partial charge on any atom is 0.143 e. The third-order valence-corrected chi connectivity index (χ3v) is 7.64. The lowest BCUT2D eigenvalue weighted by Crippen LogP contribution is -1.93. The molecule has 8 aromatic rings. The van der Waals surface area contributed by atoms with Crippen LogP contribution in [-0.4, -0.2) is 4.57 Å². The second kappa shape index (κ2) is 8.22. The van der Waals surface area contributed by atoms with Crippen LogP contribution in [0.25, 0.3) is 71.7 Å². The lowest BCUT2D eigenvalue weighted by Gasteiger charge is -2.10. The van der Waals surface area contributed by atoms with Gasteiger partial charge in [-0.15, -0.1) is 0 Å². The van der Waals surface area contributed by atoms with E-state index in [1.807, 2.05) is 12.1 Å². The van der Waals surface area contributed by atoms with E-state index in [1.165, 1.54) is 38.6 Å². The maximum absolute atomic E-state index is 6.26. The fraction of sp³-hybridized carbons (Fsp3) is 0. The van der Waals surface area contributed by atoms with Gasteiger partial charge >= 0.3 is 0 Å². The highest BCUT2D eigenvalue weighted by Gasteiger charge is 2.13. The molecule has 0 radical (unpaired) electrons. The van der Waals surface area contributed by atoms with Gasteiger partial charge in [0.2, 0.25) is 0 Å². The average molecular weight is 486 g/mol. The molecule has 0 saturated carbocycles. The van der Waals surface area contributed by atoms with Gasteiger partial charge in [-0.3, -0.25) is 0 Å². The van der Waals surface area contributed by atoms with Crippen molar-refractivity contribution in [3.05, 3.63) is 140 Å². The topological polar surface area (TPSA) is 18.1 Å². The Morgan fingerprint density at radius 1 is 0.395 bits per heavy atom. The fourth-order valence-corrected chi connectivity index (χ4v) is 5.82. The Balaban J connectivity index is 1.17. The van der Waals surface area contributed by atoms with Crippen molar-refractivity contribution in [2.75, 3.05) is 0 Å². The van der Waals surface area contributed by atoms with E-state index in [-0.39, 0.29) is 0 Å². The van der Waals surface area contributed by atoms with E-state index in [4.69, 9.17) is 4.42 Å². The van der Waals surface area contributed by atoms with Gasteiger partial charge in [-0.2, -0.15) is 0 Å². The van der Waals surface area contributed by atoms with Gasteiger partial charge in [0.25, 0.3) is 0 Å². The van der Waals surface area contributed by atoms with E-state index in [9.17, 15) is 0 Å². The molecule has 6 aromatic carbocycles. The van der Waals surface area contributed by atoms with Crippen LogP contribution in [0.1, 0.15) is 0 Å². The Kier molecular flexibility index (Phi) is 4.55. The van der Waals surface area contributed by atoms with Gasteiger partial charge in [-0.1, -0.05) is 109 Å². The second-order valence-electron chi connectivity index (χ2n) is 9.77. The van der Waals surface area contributed by atoms with Gasteiger partial charge in [0.15, 0.2) is 0 Å². The Bertz CT molecular complexity index is 2060. The first kappa shape index (κ1) is 21.0. The van der Waals surface area contributed by atoms with Gasteiger partial charge in [0, 0.05) is 32.8 Å². The quantitative estimate of drug-likeness (QED) is 0.243. The molecule has 2 heteroatoms. The highest BCUT2D eigenvalue weighted by atomic mass is 16.3. The van der Waals surface area contributed by atoms with Crippen LogP contribution in [0.5, 0.6) is 0 Å². The predicted molar refractivity (Wildman–Crippen MR) is 159 cm³/mol. The summed E-state index contributed by atoms with van der Waals surface area (Å²) < 4.78 is 8.61. The number of furan rings is 1. The van der Waals surface area contributed by atoms with Crippen molar-refractivity contribution in [1.29, 1.82) is 0 Å². The molecule has 0 atom stereocenters. The molecule has 0 N–H and O–H groups in total. The number of benzene rings is 6. The monoisotopic (exact) mass is 485 g/mol. The van der Waals surface area contributed by atoms with Crippen LogP contribution >= 0.6 is 0 Å². The van der Waals surface area contributed by atoms with E-state index in [0.717, 1.165) is 33.1 Å². The molecule has 0 spiro atoms. The van der Waals surface area contributed by atoms with E-state index >= 15 is 0 Å². The predicted octanol–water partition coefficient (Wildman–Crippen LogP) is 10.0. The molecule has 0 fully saturated rings. The molecule has 38 heavy (non-hydrogen) atoms. The summed E-state index contributed by atoms with van der Waals surface area (Å²) in [5.74, 6) is 0. The number of hydrogen-bond donors (Lipinski definition) is 0. The van der Waals surface area contributed by atoms with Gasteiger partial charge in [0.05, 0.1) is 11.0 Å². The molecular formula is C36H23NO. The van der Waals surface area contributed by atoms with Gasteiger partial charge < -0.3 is 8.98 Å². The normalized spacial score (nSPS) is 11.7. The van der Waals surface area contributed by atoms with Crippen molar-refractivity contribution in [1.82, 2.24) is 4.57 Å². The average Bonchev–Trinajstić information content (AvgIpc) is 3.53. The van der Waals surface area contributed by atoms with Crippen LogP contribution < -0.4 is 0 Å². The minimum absolute atomic E-state index is 0.926. The molecule has 8 rings (SSSR count). The van der Waals surface area contributed by atoms with E-state index in [1.54, 1.807) is 0 Å². The Hall–Kier alpha value is -5.08. The summed E-state index contributed by atoms with van der Waals surface area (Å²) >= 11 is 0. The molecule has 0 amide bonds. The van der Waals surface area contributed by atoms with Crippen LogP contribution in [0, 0.1) is 0 Å². The molecule has 2 aromatic heterocycles. The SMILES string of the molecule is c1ccc2c(c1)oc1c(-c3ccc(-c4ccc(-n5c6ccccc6c6ccccc65)cc4)cc3)cccc12. The van der Waals surface area contributed by atoms with Crippen LogP contribution in [0.15, 0.2) is 144 Å². The van der Waals surface area contributed by atoms with Crippen LogP contribution in [0.4, 0.5) is 0 Å². The minimum atomic E-state index is 0.926. The Morgan fingerprint density at radius 3 is 1.61 bits per heavy atom. The lowest BCUT2D eigenvalue weighted by molar-refractivity contribution is 0.670. The van der Waals surface area contributed by atoms with Crippen LogP contribution in [0.2, 0.25) is 0 Å². The van der Waals surface area contributed by atoms with Crippen LogP contribution in [0.3, 0.4) is 0 Å². The molecule has 0 aliphatic heterocycles. The molecule has 2 heterocycles.